The highest BCUT2D eigenvalue weighted by molar-refractivity contribution is 6.32. The van der Waals surface area contributed by atoms with Gasteiger partial charge in [0, 0.05) is 6.42 Å². The molecule has 1 aliphatic rings. The Hall–Kier alpha value is -3.24. The molecular weight excluding hydrogens is 384 g/mol. The van der Waals surface area contributed by atoms with Gasteiger partial charge in [-0.1, -0.05) is 23.7 Å². The van der Waals surface area contributed by atoms with Crippen LogP contribution in [0, 0.1) is 11.3 Å². The molecule has 0 unspecified atom stereocenters. The number of carbonyl (C=O) groups is 2. The van der Waals surface area contributed by atoms with Crippen LogP contribution in [-0.4, -0.2) is 31.2 Å². The summed E-state index contributed by atoms with van der Waals surface area (Å²) in [5, 5.41) is 11.9. The molecule has 144 valence electrons. The monoisotopic (exact) mass is 400 g/mol. The van der Waals surface area contributed by atoms with E-state index in [4.69, 9.17) is 31.1 Å². The molecule has 3 rings (SSSR count). The van der Waals surface area contributed by atoms with Crippen LogP contribution >= 0.6 is 11.6 Å². The number of nitrogens with zero attached hydrogens (tertiary/aromatic N) is 1. The van der Waals surface area contributed by atoms with Crippen molar-refractivity contribution in [1.29, 1.82) is 5.26 Å². The van der Waals surface area contributed by atoms with E-state index in [9.17, 15) is 9.59 Å². The van der Waals surface area contributed by atoms with Crippen LogP contribution in [-0.2, 0) is 9.53 Å². The van der Waals surface area contributed by atoms with Gasteiger partial charge in [0.1, 0.15) is 6.07 Å². The minimum absolute atomic E-state index is 0.145. The molecule has 0 saturated heterocycles. The Morgan fingerprint density at radius 3 is 2.79 bits per heavy atom. The van der Waals surface area contributed by atoms with Crippen molar-refractivity contribution in [3.63, 3.8) is 0 Å². The van der Waals surface area contributed by atoms with Gasteiger partial charge in [-0.2, -0.15) is 5.26 Å². The highest BCUT2D eigenvalue weighted by atomic mass is 35.5. The van der Waals surface area contributed by atoms with Crippen LogP contribution in [0.25, 0.3) is 0 Å². The number of nitriles is 1. The summed E-state index contributed by atoms with van der Waals surface area (Å²) in [5.41, 5.74) is 0.798. The number of hydrogen-bond donors (Lipinski definition) is 1. The van der Waals surface area contributed by atoms with Crippen molar-refractivity contribution >= 4 is 29.2 Å². The van der Waals surface area contributed by atoms with Crippen LogP contribution in [0.2, 0.25) is 5.02 Å². The first-order chi connectivity index (χ1) is 13.5. The summed E-state index contributed by atoms with van der Waals surface area (Å²) in [7, 11) is 0. The zero-order valence-electron chi connectivity index (χ0n) is 15.0. The fourth-order valence-electron chi connectivity index (χ4n) is 2.55. The van der Waals surface area contributed by atoms with Crippen molar-refractivity contribution in [2.24, 2.45) is 0 Å². The maximum absolute atomic E-state index is 12.4. The largest absolute Gasteiger partial charge is 0.489 e. The molecule has 8 heteroatoms. The lowest BCUT2D eigenvalue weighted by atomic mass is 10.2. The lowest BCUT2D eigenvalue weighted by Crippen LogP contribution is -2.30. The molecule has 0 spiro atoms. The maximum Gasteiger partial charge on any atom is 0.339 e. The number of para-hydroxylation sites is 1. The number of benzene rings is 2. The normalized spacial score (nSPS) is 13.6. The van der Waals surface area contributed by atoms with Gasteiger partial charge in [-0.15, -0.1) is 0 Å². The Morgan fingerprint density at radius 2 is 2.00 bits per heavy atom. The predicted octanol–water partition coefficient (Wildman–Crippen LogP) is 3.56. The number of carbonyl (C=O) groups excluding carboxylic acids is 2. The molecule has 0 fully saturated rings. The highest BCUT2D eigenvalue weighted by Crippen LogP contribution is 2.38. The average molecular weight is 401 g/mol. The lowest BCUT2D eigenvalue weighted by Gasteiger charge is -2.15. The number of fused-ring (bicyclic) bond motifs is 1. The number of nitrogens with one attached hydrogen (secondary N) is 1. The molecule has 0 bridgehead atoms. The zero-order valence-corrected chi connectivity index (χ0v) is 15.8. The van der Waals surface area contributed by atoms with E-state index in [0.717, 1.165) is 0 Å². The van der Waals surface area contributed by atoms with Gasteiger partial charge in [0.15, 0.2) is 17.6 Å². The minimum Gasteiger partial charge on any atom is -0.489 e. The third kappa shape index (κ3) is 4.35. The molecule has 1 N–H and O–H groups in total. The number of esters is 1. The summed E-state index contributed by atoms with van der Waals surface area (Å²) in [6, 6.07) is 11.4. The van der Waals surface area contributed by atoms with Gasteiger partial charge in [-0.05, 0) is 31.2 Å². The maximum atomic E-state index is 12.4. The second-order valence-electron chi connectivity index (χ2n) is 6.03. The number of hydrogen-bond acceptors (Lipinski definition) is 6. The third-order valence-corrected chi connectivity index (χ3v) is 4.28. The van der Waals surface area contributed by atoms with Gasteiger partial charge < -0.3 is 19.5 Å². The van der Waals surface area contributed by atoms with Crippen LogP contribution < -0.4 is 14.8 Å². The standard InChI is InChI=1S/C20H17ClN2O5/c1-12(19(24)23-16-6-3-2-5-13(16)11-22)28-20(25)14-9-15(21)18-17(10-14)26-7-4-8-27-18/h2-3,5-6,9-10,12H,4,7-8H2,1H3,(H,23,24)/t12-/m1/s1. The first-order valence-electron chi connectivity index (χ1n) is 8.59. The number of ether oxygens (including phenoxy) is 3. The van der Waals surface area contributed by atoms with Crippen molar-refractivity contribution in [3.05, 3.63) is 52.5 Å². The summed E-state index contributed by atoms with van der Waals surface area (Å²) in [4.78, 5) is 24.8. The molecule has 7 nitrogen and oxygen atoms in total. The van der Waals surface area contributed by atoms with Crippen molar-refractivity contribution in [2.75, 3.05) is 18.5 Å². The van der Waals surface area contributed by atoms with E-state index in [1.165, 1.54) is 19.1 Å². The molecule has 1 heterocycles. The Kier molecular flexibility index (Phi) is 6.02. The number of halogens is 1. The Bertz CT molecular complexity index is 954. The van der Waals surface area contributed by atoms with E-state index in [0.29, 0.717) is 42.4 Å². The summed E-state index contributed by atoms with van der Waals surface area (Å²) < 4.78 is 16.3. The molecule has 1 atom stereocenters. The number of anilines is 1. The van der Waals surface area contributed by atoms with Crippen molar-refractivity contribution in [1.82, 2.24) is 0 Å². The SMILES string of the molecule is C[C@@H](OC(=O)c1cc(Cl)c2c(c1)OCCCO2)C(=O)Nc1ccccc1C#N. The van der Waals surface area contributed by atoms with Gasteiger partial charge in [0.25, 0.3) is 5.91 Å². The molecule has 2 aromatic carbocycles. The second-order valence-corrected chi connectivity index (χ2v) is 6.44. The second kappa shape index (κ2) is 8.63. The van der Waals surface area contributed by atoms with Crippen LogP contribution in [0.3, 0.4) is 0 Å². The van der Waals surface area contributed by atoms with Gasteiger partial charge in [-0.3, -0.25) is 4.79 Å². The summed E-state index contributed by atoms with van der Waals surface area (Å²) in [6.45, 7) is 2.35. The zero-order chi connectivity index (χ0) is 20.1. The van der Waals surface area contributed by atoms with E-state index in [1.54, 1.807) is 24.3 Å². The summed E-state index contributed by atoms with van der Waals surface area (Å²) >= 11 is 6.18. The molecule has 1 amide bonds. The van der Waals surface area contributed by atoms with Crippen LogP contribution in [0.4, 0.5) is 5.69 Å². The Morgan fingerprint density at radius 1 is 1.25 bits per heavy atom. The van der Waals surface area contributed by atoms with Crippen LogP contribution in [0.1, 0.15) is 29.3 Å². The fraction of sp³-hybridized carbons (Fsp3) is 0.250. The van der Waals surface area contributed by atoms with Gasteiger partial charge in [0.2, 0.25) is 0 Å². The van der Waals surface area contributed by atoms with Gasteiger partial charge in [0.05, 0.1) is 35.1 Å². The highest BCUT2D eigenvalue weighted by Gasteiger charge is 2.23. The number of rotatable bonds is 4. The summed E-state index contributed by atoms with van der Waals surface area (Å²) in [5.74, 6) is -0.545. The molecule has 2 aromatic rings. The quantitative estimate of drug-likeness (QED) is 0.788. The van der Waals surface area contributed by atoms with Crippen LogP contribution in [0.15, 0.2) is 36.4 Å². The number of amides is 1. The minimum atomic E-state index is -1.09. The smallest absolute Gasteiger partial charge is 0.339 e. The van der Waals surface area contributed by atoms with Gasteiger partial charge >= 0.3 is 5.97 Å². The van der Waals surface area contributed by atoms with E-state index in [1.807, 2.05) is 6.07 Å². The molecule has 28 heavy (non-hydrogen) atoms. The first kappa shape index (κ1) is 19.5. The molecule has 1 aliphatic heterocycles. The Balaban J connectivity index is 1.70. The van der Waals surface area contributed by atoms with E-state index >= 15 is 0 Å². The molecule has 0 aliphatic carbocycles. The van der Waals surface area contributed by atoms with Crippen molar-refractivity contribution in [3.8, 4) is 17.6 Å². The Labute approximate surface area is 166 Å². The first-order valence-corrected chi connectivity index (χ1v) is 8.97. The van der Waals surface area contributed by atoms with Crippen molar-refractivity contribution in [2.45, 2.75) is 19.4 Å². The average Bonchev–Trinajstić information content (AvgIpc) is 2.94. The predicted molar refractivity (Wildman–Crippen MR) is 102 cm³/mol. The fourth-order valence-corrected chi connectivity index (χ4v) is 2.82. The molecule has 0 radical (unpaired) electrons. The van der Waals surface area contributed by atoms with E-state index in [2.05, 4.69) is 5.32 Å². The molecular formula is C20H17ClN2O5. The van der Waals surface area contributed by atoms with Gasteiger partial charge in [-0.25, -0.2) is 4.79 Å². The molecule has 0 saturated carbocycles. The third-order valence-electron chi connectivity index (χ3n) is 4.00. The van der Waals surface area contributed by atoms with Crippen molar-refractivity contribution < 1.29 is 23.8 Å². The van der Waals surface area contributed by atoms with E-state index < -0.39 is 18.0 Å². The molecule has 0 aromatic heterocycles. The lowest BCUT2D eigenvalue weighted by molar-refractivity contribution is -0.123. The summed E-state index contributed by atoms with van der Waals surface area (Å²) in [6.07, 6.45) is -0.388. The van der Waals surface area contributed by atoms with Crippen LogP contribution in [0.5, 0.6) is 11.5 Å². The van der Waals surface area contributed by atoms with E-state index in [-0.39, 0.29) is 10.6 Å². The topological polar surface area (TPSA) is 97.7 Å².